The molecule has 0 radical (unpaired) electrons. The van der Waals surface area contributed by atoms with Crippen LogP contribution in [0.2, 0.25) is 0 Å². The fraction of sp³-hybridized carbons (Fsp3) is 0.462. The van der Waals surface area contributed by atoms with Gasteiger partial charge in [0.05, 0.1) is 17.6 Å². The zero-order chi connectivity index (χ0) is 15.5. The van der Waals surface area contributed by atoms with Gasteiger partial charge in [-0.3, -0.25) is 0 Å². The van der Waals surface area contributed by atoms with E-state index in [0.29, 0.717) is 6.42 Å². The van der Waals surface area contributed by atoms with Gasteiger partial charge in [-0.2, -0.15) is 0 Å². The molecule has 116 valence electrons. The topological polar surface area (TPSA) is 95.5 Å². The number of urea groups is 1. The molecule has 0 spiro atoms. The minimum absolute atomic E-state index is 0.0653. The van der Waals surface area contributed by atoms with Gasteiger partial charge in [0.25, 0.3) is 0 Å². The van der Waals surface area contributed by atoms with Crippen molar-refractivity contribution in [2.75, 3.05) is 18.1 Å². The molecule has 2 rings (SSSR count). The molecule has 1 aliphatic heterocycles. The lowest BCUT2D eigenvalue weighted by atomic mass is 10.1. The maximum Gasteiger partial charge on any atom is 0.315 e. The molecular weight excluding hydrogens is 299 g/mol. The van der Waals surface area contributed by atoms with Crippen LogP contribution >= 0.6 is 0 Å². The summed E-state index contributed by atoms with van der Waals surface area (Å²) >= 11 is 0. The van der Waals surface area contributed by atoms with Crippen molar-refractivity contribution in [2.45, 2.75) is 18.6 Å². The summed E-state index contributed by atoms with van der Waals surface area (Å²) in [4.78, 5) is 11.6. The lowest BCUT2D eigenvalue weighted by Gasteiger charge is -2.15. The molecule has 0 aliphatic carbocycles. The average molecular weight is 316 g/mol. The van der Waals surface area contributed by atoms with E-state index in [1.165, 1.54) is 18.2 Å². The van der Waals surface area contributed by atoms with Crippen molar-refractivity contribution < 1.29 is 22.7 Å². The van der Waals surface area contributed by atoms with E-state index in [0.717, 1.165) is 0 Å². The number of amides is 2. The summed E-state index contributed by atoms with van der Waals surface area (Å²) in [7, 11) is -3.06. The molecule has 1 fully saturated rings. The van der Waals surface area contributed by atoms with Crippen LogP contribution in [-0.2, 0) is 9.84 Å². The van der Waals surface area contributed by atoms with Gasteiger partial charge in [0.15, 0.2) is 9.84 Å². The molecule has 0 aromatic heterocycles. The third kappa shape index (κ3) is 4.40. The lowest BCUT2D eigenvalue weighted by Crippen LogP contribution is -2.43. The number of hydrogen-bond donors (Lipinski definition) is 3. The average Bonchev–Trinajstić information content (AvgIpc) is 2.75. The minimum Gasteiger partial charge on any atom is -0.386 e. The highest BCUT2D eigenvalue weighted by Gasteiger charge is 2.28. The molecule has 1 saturated heterocycles. The maximum atomic E-state index is 13.4. The van der Waals surface area contributed by atoms with Gasteiger partial charge in [-0.05, 0) is 12.5 Å². The van der Waals surface area contributed by atoms with Crippen LogP contribution in [0.5, 0.6) is 0 Å². The van der Waals surface area contributed by atoms with Gasteiger partial charge in [0.2, 0.25) is 0 Å². The number of sulfone groups is 1. The van der Waals surface area contributed by atoms with Gasteiger partial charge in [0, 0.05) is 18.2 Å². The molecule has 1 heterocycles. The summed E-state index contributed by atoms with van der Waals surface area (Å²) in [6, 6.07) is 4.76. The van der Waals surface area contributed by atoms with E-state index in [1.54, 1.807) is 6.07 Å². The molecule has 21 heavy (non-hydrogen) atoms. The fourth-order valence-corrected chi connectivity index (χ4v) is 3.86. The third-order valence-corrected chi connectivity index (χ3v) is 5.06. The second-order valence-corrected chi connectivity index (χ2v) is 7.22. The molecule has 6 nitrogen and oxygen atoms in total. The quantitative estimate of drug-likeness (QED) is 0.747. The molecule has 2 amide bonds. The first kappa shape index (κ1) is 15.7. The highest BCUT2D eigenvalue weighted by atomic mass is 32.2. The number of halogens is 1. The van der Waals surface area contributed by atoms with Gasteiger partial charge in [-0.1, -0.05) is 18.2 Å². The number of aliphatic hydroxyl groups is 1. The van der Waals surface area contributed by atoms with Crippen LogP contribution < -0.4 is 10.6 Å². The Hall–Kier alpha value is -1.67. The monoisotopic (exact) mass is 316 g/mol. The zero-order valence-electron chi connectivity index (χ0n) is 11.3. The Kier molecular flexibility index (Phi) is 4.79. The summed E-state index contributed by atoms with van der Waals surface area (Å²) in [6.45, 7) is -0.160. The number of hydrogen-bond acceptors (Lipinski definition) is 4. The van der Waals surface area contributed by atoms with Crippen LogP contribution in [0, 0.1) is 5.82 Å². The molecule has 0 saturated carbocycles. The molecule has 1 aromatic carbocycles. The Labute approximate surface area is 122 Å². The summed E-state index contributed by atoms with van der Waals surface area (Å²) in [5.41, 5.74) is 0.0984. The van der Waals surface area contributed by atoms with Gasteiger partial charge in [-0.25, -0.2) is 17.6 Å². The Morgan fingerprint density at radius 1 is 1.43 bits per heavy atom. The van der Waals surface area contributed by atoms with E-state index in [9.17, 15) is 22.7 Å². The van der Waals surface area contributed by atoms with Crippen LogP contribution in [-0.4, -0.2) is 43.6 Å². The second kappa shape index (κ2) is 6.40. The SMILES string of the molecule is O=C(NC[C@@H](O)c1ccccc1F)N[C@@H]1CCS(=O)(=O)C1. The molecule has 2 atom stereocenters. The number of rotatable bonds is 4. The maximum absolute atomic E-state index is 13.4. The smallest absolute Gasteiger partial charge is 0.315 e. The van der Waals surface area contributed by atoms with Crippen LogP contribution in [0.4, 0.5) is 9.18 Å². The lowest BCUT2D eigenvalue weighted by molar-refractivity contribution is 0.168. The summed E-state index contributed by atoms with van der Waals surface area (Å²) in [6.07, 6.45) is -0.782. The van der Waals surface area contributed by atoms with Crippen molar-refractivity contribution in [3.63, 3.8) is 0 Å². The fourth-order valence-electron chi connectivity index (χ4n) is 2.19. The van der Waals surface area contributed by atoms with Crippen molar-refractivity contribution in [3.05, 3.63) is 35.6 Å². The number of carbonyl (C=O) groups is 1. The largest absolute Gasteiger partial charge is 0.386 e. The third-order valence-electron chi connectivity index (χ3n) is 3.29. The standard InChI is InChI=1S/C13H17FN2O4S/c14-11-4-2-1-3-10(11)12(17)7-15-13(18)16-9-5-6-21(19,20)8-9/h1-4,9,12,17H,5-8H2,(H2,15,16,18)/t9-,12-/m1/s1. The predicted octanol–water partition coefficient (Wildman–Crippen LogP) is 0.345. The molecule has 3 N–H and O–H groups in total. The van der Waals surface area contributed by atoms with Crippen LogP contribution in [0.25, 0.3) is 0 Å². The highest BCUT2D eigenvalue weighted by Crippen LogP contribution is 2.15. The first-order valence-electron chi connectivity index (χ1n) is 6.54. The molecule has 8 heteroatoms. The first-order valence-corrected chi connectivity index (χ1v) is 8.37. The van der Waals surface area contributed by atoms with E-state index in [1.807, 2.05) is 0 Å². The normalized spacial score (nSPS) is 21.7. The highest BCUT2D eigenvalue weighted by molar-refractivity contribution is 7.91. The van der Waals surface area contributed by atoms with Gasteiger partial charge >= 0.3 is 6.03 Å². The van der Waals surface area contributed by atoms with E-state index >= 15 is 0 Å². The van der Waals surface area contributed by atoms with Crippen molar-refractivity contribution in [2.24, 2.45) is 0 Å². The van der Waals surface area contributed by atoms with E-state index < -0.39 is 33.8 Å². The summed E-state index contributed by atoms with van der Waals surface area (Å²) in [5.74, 6) is -0.555. The summed E-state index contributed by atoms with van der Waals surface area (Å²) in [5, 5.41) is 14.7. The van der Waals surface area contributed by atoms with E-state index in [2.05, 4.69) is 10.6 Å². The molecule has 1 aromatic rings. The molecular formula is C13H17FN2O4S. The van der Waals surface area contributed by atoms with Crippen LogP contribution in [0.3, 0.4) is 0 Å². The van der Waals surface area contributed by atoms with Crippen molar-refractivity contribution >= 4 is 15.9 Å². The van der Waals surface area contributed by atoms with E-state index in [-0.39, 0.29) is 23.6 Å². The number of carbonyl (C=O) groups excluding carboxylic acids is 1. The van der Waals surface area contributed by atoms with Crippen LogP contribution in [0.15, 0.2) is 24.3 Å². The van der Waals surface area contributed by atoms with Crippen LogP contribution in [0.1, 0.15) is 18.1 Å². The molecule has 0 bridgehead atoms. The Morgan fingerprint density at radius 3 is 2.76 bits per heavy atom. The number of benzene rings is 1. The Bertz CT molecular complexity index is 620. The minimum atomic E-state index is -3.06. The predicted molar refractivity (Wildman–Crippen MR) is 75.0 cm³/mol. The number of nitrogens with one attached hydrogen (secondary N) is 2. The molecule has 1 aliphatic rings. The van der Waals surface area contributed by atoms with Crippen molar-refractivity contribution in [1.82, 2.24) is 10.6 Å². The summed E-state index contributed by atoms with van der Waals surface area (Å²) < 4.78 is 35.9. The van der Waals surface area contributed by atoms with Gasteiger partial charge < -0.3 is 15.7 Å². The number of aliphatic hydroxyl groups excluding tert-OH is 1. The zero-order valence-corrected chi connectivity index (χ0v) is 12.1. The van der Waals surface area contributed by atoms with Gasteiger partial charge in [0.1, 0.15) is 5.82 Å². The van der Waals surface area contributed by atoms with Gasteiger partial charge in [-0.15, -0.1) is 0 Å². The molecule has 0 unspecified atom stereocenters. The first-order chi connectivity index (χ1) is 9.87. The second-order valence-electron chi connectivity index (χ2n) is 4.99. The van der Waals surface area contributed by atoms with Crippen molar-refractivity contribution in [1.29, 1.82) is 0 Å². The van der Waals surface area contributed by atoms with E-state index in [4.69, 9.17) is 0 Å². The Morgan fingerprint density at radius 2 is 2.14 bits per heavy atom. The van der Waals surface area contributed by atoms with Crippen molar-refractivity contribution in [3.8, 4) is 0 Å². The Balaban J connectivity index is 1.80.